The second kappa shape index (κ2) is 5.59. The summed E-state index contributed by atoms with van der Waals surface area (Å²) in [6.45, 7) is 5.40. The summed E-state index contributed by atoms with van der Waals surface area (Å²) in [6.07, 6.45) is 1.06. The van der Waals surface area contributed by atoms with Crippen molar-refractivity contribution in [3.8, 4) is 11.3 Å². The average Bonchev–Trinajstić information content (AvgIpc) is 2.82. The Bertz CT molecular complexity index is 600. The van der Waals surface area contributed by atoms with Crippen molar-refractivity contribution in [2.24, 2.45) is 0 Å². The molecule has 0 unspecified atom stereocenters. The van der Waals surface area contributed by atoms with Gasteiger partial charge in [0.1, 0.15) is 11.4 Å². The maximum absolute atomic E-state index is 11.7. The topological polar surface area (TPSA) is 51.5 Å². The first-order chi connectivity index (χ1) is 9.35. The number of rotatable bonds is 2. The molecule has 0 bridgehead atoms. The van der Waals surface area contributed by atoms with Gasteiger partial charge in [-0.3, -0.25) is 5.32 Å². The van der Waals surface area contributed by atoms with Crippen molar-refractivity contribution in [3.63, 3.8) is 0 Å². The molecule has 0 saturated carbocycles. The summed E-state index contributed by atoms with van der Waals surface area (Å²) >= 11 is 6.15. The van der Waals surface area contributed by atoms with Crippen LogP contribution >= 0.6 is 11.6 Å². The zero-order chi connectivity index (χ0) is 14.8. The van der Waals surface area contributed by atoms with E-state index in [1.807, 2.05) is 12.1 Å². The van der Waals surface area contributed by atoms with E-state index in [2.05, 4.69) is 5.32 Å². The number of furan rings is 1. The molecule has 4 nitrogen and oxygen atoms in total. The van der Waals surface area contributed by atoms with Crippen LogP contribution in [0.1, 0.15) is 20.8 Å². The average molecular weight is 294 g/mol. The van der Waals surface area contributed by atoms with Crippen molar-refractivity contribution in [2.75, 3.05) is 5.32 Å². The number of benzene rings is 1. The first-order valence-corrected chi connectivity index (χ1v) is 6.56. The molecule has 1 aromatic carbocycles. The van der Waals surface area contributed by atoms with Crippen LogP contribution < -0.4 is 5.32 Å². The van der Waals surface area contributed by atoms with Crippen LogP contribution in [0.5, 0.6) is 0 Å². The van der Waals surface area contributed by atoms with Gasteiger partial charge in [-0.05, 0) is 51.1 Å². The van der Waals surface area contributed by atoms with Gasteiger partial charge in [0.25, 0.3) is 0 Å². The van der Waals surface area contributed by atoms with E-state index in [-0.39, 0.29) is 0 Å². The largest absolute Gasteiger partial charge is 0.464 e. The number of hydrogen-bond donors (Lipinski definition) is 1. The molecule has 0 fully saturated rings. The highest BCUT2D eigenvalue weighted by molar-refractivity contribution is 6.34. The highest BCUT2D eigenvalue weighted by atomic mass is 35.5. The first kappa shape index (κ1) is 14.5. The van der Waals surface area contributed by atoms with E-state index < -0.39 is 11.7 Å². The molecule has 106 valence electrons. The third kappa shape index (κ3) is 3.78. The van der Waals surface area contributed by atoms with E-state index in [1.165, 1.54) is 0 Å². The standard InChI is InChI=1S/C15H16ClNO3/c1-15(2,3)20-14(18)17-12-7-6-10(9-11(12)16)13-5-4-8-19-13/h4-9H,1-3H3,(H,17,18). The lowest BCUT2D eigenvalue weighted by molar-refractivity contribution is 0.0636. The van der Waals surface area contributed by atoms with Crippen molar-refractivity contribution in [3.05, 3.63) is 41.6 Å². The Morgan fingerprint density at radius 3 is 2.60 bits per heavy atom. The molecule has 2 aromatic rings. The second-order valence-corrected chi connectivity index (χ2v) is 5.71. The zero-order valence-electron chi connectivity index (χ0n) is 11.6. The molecule has 0 spiro atoms. The van der Waals surface area contributed by atoms with E-state index in [0.717, 1.165) is 11.3 Å². The highest BCUT2D eigenvalue weighted by Crippen LogP contribution is 2.29. The summed E-state index contributed by atoms with van der Waals surface area (Å²) in [5, 5.41) is 3.04. The molecule has 20 heavy (non-hydrogen) atoms. The zero-order valence-corrected chi connectivity index (χ0v) is 12.3. The van der Waals surface area contributed by atoms with Crippen molar-refractivity contribution < 1.29 is 13.9 Å². The quantitative estimate of drug-likeness (QED) is 0.852. The Labute approximate surface area is 122 Å². The lowest BCUT2D eigenvalue weighted by atomic mass is 10.1. The van der Waals surface area contributed by atoms with Crippen molar-refractivity contribution in [1.29, 1.82) is 0 Å². The molecule has 2 rings (SSSR count). The maximum atomic E-state index is 11.7. The molecule has 1 aromatic heterocycles. The molecule has 0 aliphatic carbocycles. The second-order valence-electron chi connectivity index (χ2n) is 5.30. The Hall–Kier alpha value is -1.94. The normalized spacial score (nSPS) is 11.2. The fourth-order valence-corrected chi connectivity index (χ4v) is 1.85. The van der Waals surface area contributed by atoms with Gasteiger partial charge in [-0.25, -0.2) is 4.79 Å². The van der Waals surface area contributed by atoms with E-state index in [9.17, 15) is 4.79 Å². The maximum Gasteiger partial charge on any atom is 0.412 e. The third-order valence-electron chi connectivity index (χ3n) is 2.41. The lowest BCUT2D eigenvalue weighted by Gasteiger charge is -2.20. The lowest BCUT2D eigenvalue weighted by Crippen LogP contribution is -2.27. The summed E-state index contributed by atoms with van der Waals surface area (Å²) in [5.41, 5.74) is 0.788. The fourth-order valence-electron chi connectivity index (χ4n) is 1.63. The van der Waals surface area contributed by atoms with Crippen molar-refractivity contribution >= 4 is 23.4 Å². The van der Waals surface area contributed by atoms with Gasteiger partial charge < -0.3 is 9.15 Å². The van der Waals surface area contributed by atoms with Crippen molar-refractivity contribution in [1.82, 2.24) is 0 Å². The molecule has 5 heteroatoms. The van der Waals surface area contributed by atoms with Gasteiger partial charge in [0.15, 0.2) is 0 Å². The van der Waals surface area contributed by atoms with Crippen LogP contribution in [0, 0.1) is 0 Å². The number of anilines is 1. The van der Waals surface area contributed by atoms with E-state index >= 15 is 0 Å². The number of carbonyl (C=O) groups is 1. The SMILES string of the molecule is CC(C)(C)OC(=O)Nc1ccc(-c2ccco2)cc1Cl. The Morgan fingerprint density at radius 1 is 1.30 bits per heavy atom. The van der Waals surface area contributed by atoms with Crippen LogP contribution in [0.25, 0.3) is 11.3 Å². The van der Waals surface area contributed by atoms with Crippen molar-refractivity contribution in [2.45, 2.75) is 26.4 Å². The number of halogens is 1. The highest BCUT2D eigenvalue weighted by Gasteiger charge is 2.17. The summed E-state index contributed by atoms with van der Waals surface area (Å²) < 4.78 is 10.5. The summed E-state index contributed by atoms with van der Waals surface area (Å²) in [7, 11) is 0. The smallest absolute Gasteiger partial charge is 0.412 e. The molecule has 1 amide bonds. The van der Waals surface area contributed by atoms with Gasteiger partial charge >= 0.3 is 6.09 Å². The minimum absolute atomic E-state index is 0.421. The molecule has 0 saturated heterocycles. The molecule has 0 radical (unpaired) electrons. The molecule has 0 aliphatic heterocycles. The molecule has 0 atom stereocenters. The summed E-state index contributed by atoms with van der Waals surface area (Å²) in [6, 6.07) is 8.90. The van der Waals surface area contributed by atoms with E-state index in [4.69, 9.17) is 20.8 Å². The van der Waals surface area contributed by atoms with Crippen LogP contribution in [0.2, 0.25) is 5.02 Å². The van der Waals surface area contributed by atoms with Crippen LogP contribution in [0.3, 0.4) is 0 Å². The molecular formula is C15H16ClNO3. The van der Waals surface area contributed by atoms with Gasteiger partial charge in [-0.2, -0.15) is 0 Å². The number of ether oxygens (including phenoxy) is 1. The van der Waals surface area contributed by atoms with Crippen LogP contribution in [-0.4, -0.2) is 11.7 Å². The Morgan fingerprint density at radius 2 is 2.05 bits per heavy atom. The van der Waals surface area contributed by atoms with Gasteiger partial charge in [0.05, 0.1) is 17.0 Å². The number of hydrogen-bond acceptors (Lipinski definition) is 3. The Kier molecular flexibility index (Phi) is 4.04. The third-order valence-corrected chi connectivity index (χ3v) is 2.72. The summed E-state index contributed by atoms with van der Waals surface area (Å²) in [5.74, 6) is 0.718. The summed E-state index contributed by atoms with van der Waals surface area (Å²) in [4.78, 5) is 11.7. The predicted molar refractivity (Wildman–Crippen MR) is 79.0 cm³/mol. The minimum Gasteiger partial charge on any atom is -0.464 e. The fraction of sp³-hybridized carbons (Fsp3) is 0.267. The number of carbonyl (C=O) groups excluding carboxylic acids is 1. The number of nitrogens with one attached hydrogen (secondary N) is 1. The monoisotopic (exact) mass is 293 g/mol. The number of amides is 1. The predicted octanol–water partition coefficient (Wildman–Crippen LogP) is 4.95. The van der Waals surface area contributed by atoms with Crippen LogP contribution in [0.15, 0.2) is 41.0 Å². The molecule has 0 aliphatic rings. The van der Waals surface area contributed by atoms with Crippen LogP contribution in [-0.2, 0) is 4.74 Å². The van der Waals surface area contributed by atoms with Gasteiger partial charge in [-0.15, -0.1) is 0 Å². The minimum atomic E-state index is -0.551. The van der Waals surface area contributed by atoms with Gasteiger partial charge in [0.2, 0.25) is 0 Å². The van der Waals surface area contributed by atoms with Gasteiger partial charge in [0, 0.05) is 5.56 Å². The van der Waals surface area contributed by atoms with E-state index in [0.29, 0.717) is 10.7 Å². The van der Waals surface area contributed by atoms with Gasteiger partial charge in [-0.1, -0.05) is 11.6 Å². The molecule has 1 heterocycles. The van der Waals surface area contributed by atoms with Crippen LogP contribution in [0.4, 0.5) is 10.5 Å². The Balaban J connectivity index is 2.13. The first-order valence-electron chi connectivity index (χ1n) is 6.18. The van der Waals surface area contributed by atoms with E-state index in [1.54, 1.807) is 45.2 Å². The molecule has 1 N–H and O–H groups in total. The molecular weight excluding hydrogens is 278 g/mol.